The zero-order valence-corrected chi connectivity index (χ0v) is 17.2. The summed E-state index contributed by atoms with van der Waals surface area (Å²) >= 11 is 0. The molecule has 4 fully saturated rings. The fourth-order valence-corrected chi connectivity index (χ4v) is 6.41. The Kier molecular flexibility index (Phi) is 4.76. The summed E-state index contributed by atoms with van der Waals surface area (Å²) in [4.78, 5) is 22.5. The number of hydrogen-bond acceptors (Lipinski definition) is 5. The van der Waals surface area contributed by atoms with E-state index in [0.29, 0.717) is 5.56 Å². The molecule has 7 nitrogen and oxygen atoms in total. The highest BCUT2D eigenvalue weighted by Crippen LogP contribution is 2.60. The average Bonchev–Trinajstić information content (AvgIpc) is 2.74. The summed E-state index contributed by atoms with van der Waals surface area (Å²) in [5, 5.41) is 25.0. The maximum atomic E-state index is 12.2. The molecule has 7 heteroatoms. The normalized spacial score (nSPS) is 28.7. The first-order chi connectivity index (χ1) is 14.9. The van der Waals surface area contributed by atoms with Gasteiger partial charge in [0.25, 0.3) is 11.6 Å². The summed E-state index contributed by atoms with van der Waals surface area (Å²) in [6.45, 7) is 0. The molecule has 0 aromatic heterocycles. The molecule has 4 aliphatic rings. The van der Waals surface area contributed by atoms with Crippen LogP contribution < -0.4 is 5.43 Å². The number of nitrogens with zero attached hydrogens (tertiary/aromatic N) is 2. The van der Waals surface area contributed by atoms with Crippen LogP contribution in [0.15, 0.2) is 47.6 Å². The molecule has 2 aromatic rings. The predicted molar refractivity (Wildman–Crippen MR) is 116 cm³/mol. The summed E-state index contributed by atoms with van der Waals surface area (Å²) < 4.78 is 0. The van der Waals surface area contributed by atoms with Gasteiger partial charge in [-0.05, 0) is 91.5 Å². The van der Waals surface area contributed by atoms with Crippen molar-refractivity contribution in [2.75, 3.05) is 0 Å². The SMILES string of the molecule is O=C(N/N=C\c1cc(C23CC4CC(CC(C4)C2)C3)ccc1O)c1ccc([N+](=O)[O-])cc1. The monoisotopic (exact) mass is 419 g/mol. The summed E-state index contributed by atoms with van der Waals surface area (Å²) in [5.74, 6) is 2.15. The van der Waals surface area contributed by atoms with Crippen LogP contribution in [-0.2, 0) is 5.41 Å². The van der Waals surface area contributed by atoms with E-state index >= 15 is 0 Å². The Morgan fingerprint density at radius 2 is 1.68 bits per heavy atom. The van der Waals surface area contributed by atoms with Crippen LogP contribution in [0.25, 0.3) is 0 Å². The van der Waals surface area contributed by atoms with Gasteiger partial charge in [-0.25, -0.2) is 5.43 Å². The van der Waals surface area contributed by atoms with Crippen molar-refractivity contribution in [1.82, 2.24) is 5.43 Å². The summed E-state index contributed by atoms with van der Waals surface area (Å²) in [6, 6.07) is 11.1. The number of amides is 1. The van der Waals surface area contributed by atoms with E-state index < -0.39 is 10.8 Å². The van der Waals surface area contributed by atoms with Crippen LogP contribution in [0.3, 0.4) is 0 Å². The quantitative estimate of drug-likeness (QED) is 0.422. The maximum absolute atomic E-state index is 12.2. The summed E-state index contributed by atoms with van der Waals surface area (Å²) in [6.07, 6.45) is 9.29. The number of phenols is 1. The van der Waals surface area contributed by atoms with Crippen LogP contribution in [0.1, 0.15) is 60.0 Å². The Morgan fingerprint density at radius 1 is 1.06 bits per heavy atom. The molecular formula is C24H25N3O4. The number of carbonyl (C=O) groups is 1. The third-order valence-electron chi connectivity index (χ3n) is 7.39. The Balaban J connectivity index is 1.31. The fraction of sp³-hybridized carbons (Fsp3) is 0.417. The number of nitro groups is 1. The van der Waals surface area contributed by atoms with E-state index in [1.54, 1.807) is 6.07 Å². The van der Waals surface area contributed by atoms with Gasteiger partial charge in [0.05, 0.1) is 11.1 Å². The highest BCUT2D eigenvalue weighted by Gasteiger charge is 2.51. The molecule has 6 rings (SSSR count). The number of aromatic hydroxyl groups is 1. The van der Waals surface area contributed by atoms with Gasteiger partial charge in [-0.1, -0.05) is 6.07 Å². The van der Waals surface area contributed by atoms with E-state index in [9.17, 15) is 20.0 Å². The number of non-ortho nitro benzene ring substituents is 1. The first-order valence-corrected chi connectivity index (χ1v) is 10.8. The number of rotatable bonds is 5. The van der Waals surface area contributed by atoms with Crippen LogP contribution in [0, 0.1) is 27.9 Å². The van der Waals surface area contributed by atoms with Crippen molar-refractivity contribution in [1.29, 1.82) is 0 Å². The fourth-order valence-electron chi connectivity index (χ4n) is 6.41. The van der Waals surface area contributed by atoms with Gasteiger partial charge < -0.3 is 5.11 Å². The lowest BCUT2D eigenvalue weighted by atomic mass is 9.48. The Labute approximate surface area is 180 Å². The van der Waals surface area contributed by atoms with E-state index in [0.717, 1.165) is 17.8 Å². The highest BCUT2D eigenvalue weighted by atomic mass is 16.6. The van der Waals surface area contributed by atoms with Crippen molar-refractivity contribution < 1.29 is 14.8 Å². The Hall–Kier alpha value is -3.22. The van der Waals surface area contributed by atoms with E-state index in [1.165, 1.54) is 74.6 Å². The highest BCUT2D eigenvalue weighted by molar-refractivity contribution is 5.95. The second-order valence-corrected chi connectivity index (χ2v) is 9.47. The van der Waals surface area contributed by atoms with Crippen LogP contribution in [-0.4, -0.2) is 22.2 Å². The maximum Gasteiger partial charge on any atom is 0.271 e. The number of hydrogen-bond donors (Lipinski definition) is 2. The van der Waals surface area contributed by atoms with Crippen molar-refractivity contribution in [3.05, 3.63) is 69.3 Å². The topological polar surface area (TPSA) is 105 Å². The molecule has 31 heavy (non-hydrogen) atoms. The molecular weight excluding hydrogens is 394 g/mol. The predicted octanol–water partition coefficient (Wildman–Crippen LogP) is 4.53. The van der Waals surface area contributed by atoms with Gasteiger partial charge in [-0.3, -0.25) is 14.9 Å². The minimum Gasteiger partial charge on any atom is -0.507 e. The van der Waals surface area contributed by atoms with E-state index in [-0.39, 0.29) is 22.4 Å². The molecule has 160 valence electrons. The summed E-state index contributed by atoms with van der Waals surface area (Å²) in [5.41, 5.74) is 4.69. The molecule has 0 radical (unpaired) electrons. The van der Waals surface area contributed by atoms with E-state index in [4.69, 9.17) is 0 Å². The van der Waals surface area contributed by atoms with Crippen molar-refractivity contribution in [2.24, 2.45) is 22.9 Å². The molecule has 0 unspecified atom stereocenters. The van der Waals surface area contributed by atoms with Crippen molar-refractivity contribution >= 4 is 17.8 Å². The first kappa shape index (κ1) is 19.7. The van der Waals surface area contributed by atoms with E-state index in [1.807, 2.05) is 6.07 Å². The van der Waals surface area contributed by atoms with E-state index in [2.05, 4.69) is 16.6 Å². The number of carbonyl (C=O) groups excluding carboxylic acids is 1. The standard InChI is InChI=1S/C24H25N3O4/c28-22-6-3-20(24-11-15-7-16(12-24)9-17(8-15)13-24)10-19(22)14-25-26-23(29)18-1-4-21(5-2-18)27(30)31/h1-6,10,14-17,28H,7-9,11-13H2,(H,26,29)/b25-14-. The van der Waals surface area contributed by atoms with Crippen molar-refractivity contribution in [2.45, 2.75) is 43.9 Å². The second-order valence-electron chi connectivity index (χ2n) is 9.47. The largest absolute Gasteiger partial charge is 0.507 e. The first-order valence-electron chi connectivity index (χ1n) is 10.8. The zero-order chi connectivity index (χ0) is 21.6. The number of hydrazone groups is 1. The van der Waals surface area contributed by atoms with Crippen LogP contribution in [0.5, 0.6) is 5.75 Å². The molecule has 0 heterocycles. The number of nitro benzene ring substituents is 1. The number of phenolic OH excluding ortho intramolecular Hbond substituents is 1. The average molecular weight is 419 g/mol. The lowest BCUT2D eigenvalue weighted by Gasteiger charge is -2.57. The molecule has 2 N–H and O–H groups in total. The number of nitrogens with one attached hydrogen (secondary N) is 1. The van der Waals surface area contributed by atoms with Gasteiger partial charge in [0, 0.05) is 23.3 Å². The molecule has 1 amide bonds. The molecule has 0 atom stereocenters. The third-order valence-corrected chi connectivity index (χ3v) is 7.39. The van der Waals surface area contributed by atoms with Gasteiger partial charge in [0.15, 0.2) is 0 Å². The molecule has 4 bridgehead atoms. The molecule has 0 saturated heterocycles. The second kappa shape index (κ2) is 7.48. The van der Waals surface area contributed by atoms with Crippen LogP contribution in [0.4, 0.5) is 5.69 Å². The molecule has 0 aliphatic heterocycles. The Bertz CT molecular complexity index is 1030. The van der Waals surface area contributed by atoms with Crippen molar-refractivity contribution in [3.63, 3.8) is 0 Å². The third kappa shape index (κ3) is 3.69. The Morgan fingerprint density at radius 3 is 2.26 bits per heavy atom. The lowest BCUT2D eigenvalue weighted by Crippen LogP contribution is -2.48. The zero-order valence-electron chi connectivity index (χ0n) is 17.2. The van der Waals surface area contributed by atoms with Crippen LogP contribution >= 0.6 is 0 Å². The van der Waals surface area contributed by atoms with Gasteiger partial charge in [0.1, 0.15) is 5.75 Å². The van der Waals surface area contributed by atoms with Gasteiger partial charge >= 0.3 is 0 Å². The summed E-state index contributed by atoms with van der Waals surface area (Å²) in [7, 11) is 0. The van der Waals surface area contributed by atoms with Gasteiger partial charge in [0.2, 0.25) is 0 Å². The molecule has 4 saturated carbocycles. The minimum absolute atomic E-state index is 0.0773. The van der Waals surface area contributed by atoms with Gasteiger partial charge in [-0.2, -0.15) is 5.10 Å². The number of benzene rings is 2. The van der Waals surface area contributed by atoms with Crippen LogP contribution in [0.2, 0.25) is 0 Å². The smallest absolute Gasteiger partial charge is 0.271 e. The van der Waals surface area contributed by atoms with Gasteiger partial charge in [-0.15, -0.1) is 0 Å². The molecule has 4 aliphatic carbocycles. The van der Waals surface area contributed by atoms with Crippen molar-refractivity contribution in [3.8, 4) is 5.75 Å². The minimum atomic E-state index is -0.514. The molecule has 0 spiro atoms. The molecule has 2 aromatic carbocycles. The lowest BCUT2D eigenvalue weighted by molar-refractivity contribution is -0.384.